The Kier molecular flexibility index (Phi) is 5.54. The Balaban J connectivity index is 2.18. The highest BCUT2D eigenvalue weighted by atomic mass is 16.5. The molecule has 2 N–H and O–H groups in total. The molecule has 0 radical (unpaired) electrons. The summed E-state index contributed by atoms with van der Waals surface area (Å²) in [7, 11) is 0. The molecule has 2 rings (SSSR count). The zero-order valence-corrected chi connectivity index (χ0v) is 13.9. The Morgan fingerprint density at radius 3 is 2.78 bits per heavy atom. The first-order chi connectivity index (χ1) is 11.0. The summed E-state index contributed by atoms with van der Waals surface area (Å²) in [4.78, 5) is 32.6. The molecule has 1 fully saturated rings. The van der Waals surface area contributed by atoms with Gasteiger partial charge >= 0.3 is 5.97 Å². The van der Waals surface area contributed by atoms with Crippen molar-refractivity contribution in [2.24, 2.45) is 0 Å². The third-order valence-corrected chi connectivity index (χ3v) is 4.02. The highest BCUT2D eigenvalue weighted by Crippen LogP contribution is 2.19. The Hall–Kier alpha value is -2.15. The summed E-state index contributed by atoms with van der Waals surface area (Å²) in [5.41, 5.74) is 6.62. The van der Waals surface area contributed by atoms with Gasteiger partial charge in [0.2, 0.25) is 0 Å². The second kappa shape index (κ2) is 7.41. The molecule has 7 heteroatoms. The van der Waals surface area contributed by atoms with Crippen LogP contribution in [0.4, 0.5) is 5.69 Å². The lowest BCUT2D eigenvalue weighted by Crippen LogP contribution is -2.59. The molecule has 1 aliphatic rings. The highest BCUT2D eigenvalue weighted by Gasteiger charge is 2.36. The third kappa shape index (κ3) is 3.79. The number of rotatable bonds is 4. The van der Waals surface area contributed by atoms with Gasteiger partial charge < -0.3 is 15.4 Å². The van der Waals surface area contributed by atoms with Gasteiger partial charge in [0.25, 0.3) is 5.91 Å². The molecule has 1 saturated heterocycles. The lowest BCUT2D eigenvalue weighted by Gasteiger charge is -2.42. The van der Waals surface area contributed by atoms with E-state index in [0.29, 0.717) is 37.5 Å². The molecular weight excluding hydrogens is 296 g/mol. The number of nitrogens with zero attached hydrogens (tertiary/aromatic N) is 3. The van der Waals surface area contributed by atoms with Crippen LogP contribution >= 0.6 is 0 Å². The summed E-state index contributed by atoms with van der Waals surface area (Å²) in [6, 6.07) is 1.34. The van der Waals surface area contributed by atoms with E-state index in [4.69, 9.17) is 10.5 Å². The Morgan fingerprint density at radius 2 is 2.17 bits per heavy atom. The number of carbonyl (C=O) groups is 2. The summed E-state index contributed by atoms with van der Waals surface area (Å²) >= 11 is 0. The molecule has 7 nitrogen and oxygen atoms in total. The van der Waals surface area contributed by atoms with Crippen LogP contribution in [0.25, 0.3) is 0 Å². The highest BCUT2D eigenvalue weighted by molar-refractivity contribution is 5.99. The summed E-state index contributed by atoms with van der Waals surface area (Å²) in [6.07, 6.45) is 3.01. The summed E-state index contributed by atoms with van der Waals surface area (Å²) in [6.45, 7) is 7.62. The summed E-state index contributed by atoms with van der Waals surface area (Å²) in [5, 5.41) is 0. The minimum absolute atomic E-state index is 0.199. The molecule has 1 amide bonds. The number of pyridine rings is 1. The molecule has 0 saturated carbocycles. The average Bonchev–Trinajstić information content (AvgIpc) is 2.54. The zero-order chi connectivity index (χ0) is 17.0. The summed E-state index contributed by atoms with van der Waals surface area (Å²) in [5.74, 6) is -0.494. The maximum absolute atomic E-state index is 12.7. The fourth-order valence-electron chi connectivity index (χ4n) is 2.80. The quantitative estimate of drug-likeness (QED) is 0.824. The molecular formula is C16H24N4O3. The molecule has 0 spiro atoms. The number of ether oxygens (including phenoxy) is 1. The first kappa shape index (κ1) is 17.2. The maximum atomic E-state index is 12.7. The van der Waals surface area contributed by atoms with Gasteiger partial charge in [-0.05, 0) is 26.8 Å². The maximum Gasteiger partial charge on any atom is 0.325 e. The van der Waals surface area contributed by atoms with Gasteiger partial charge in [-0.3, -0.25) is 19.5 Å². The van der Waals surface area contributed by atoms with Crippen molar-refractivity contribution >= 4 is 17.6 Å². The van der Waals surface area contributed by atoms with Gasteiger partial charge in [0.05, 0.1) is 12.2 Å². The number of nitrogen functional groups attached to an aromatic ring is 1. The molecule has 1 aromatic heterocycles. The minimum atomic E-state index is -0.453. The Bertz CT molecular complexity index is 576. The van der Waals surface area contributed by atoms with E-state index >= 15 is 0 Å². The lowest BCUT2D eigenvalue weighted by molar-refractivity contribution is -0.152. The number of nitrogens with two attached hydrogens (primary N) is 1. The number of carbonyl (C=O) groups excluding carboxylic acids is 2. The van der Waals surface area contributed by atoms with Crippen LogP contribution in [0.3, 0.4) is 0 Å². The van der Waals surface area contributed by atoms with Gasteiger partial charge in [-0.2, -0.15) is 0 Å². The zero-order valence-electron chi connectivity index (χ0n) is 13.9. The number of piperazine rings is 1. The third-order valence-electron chi connectivity index (χ3n) is 4.02. The van der Waals surface area contributed by atoms with E-state index < -0.39 is 6.04 Å². The standard InChI is InChI=1S/C16H24N4O3/c1-4-23-16(22)14-10-19(7-8-20(14)11(2)3)15(21)12-9-18-6-5-13(12)17/h5-6,9,11,14H,4,7-8,10H2,1-3H3,(H2,17,18). The Labute approximate surface area is 136 Å². The lowest BCUT2D eigenvalue weighted by atomic mass is 10.1. The van der Waals surface area contributed by atoms with Gasteiger partial charge in [0.15, 0.2) is 0 Å². The van der Waals surface area contributed by atoms with Crippen LogP contribution in [0.2, 0.25) is 0 Å². The van der Waals surface area contributed by atoms with Crippen LogP contribution in [-0.2, 0) is 9.53 Å². The number of amides is 1. The molecule has 1 aliphatic heterocycles. The molecule has 1 aromatic rings. The van der Waals surface area contributed by atoms with Gasteiger partial charge in [0.1, 0.15) is 6.04 Å². The van der Waals surface area contributed by atoms with E-state index in [9.17, 15) is 9.59 Å². The van der Waals surface area contributed by atoms with Crippen molar-refractivity contribution in [1.82, 2.24) is 14.8 Å². The van der Waals surface area contributed by atoms with Crippen molar-refractivity contribution in [2.75, 3.05) is 32.0 Å². The van der Waals surface area contributed by atoms with Crippen LogP contribution in [-0.4, -0.2) is 65.0 Å². The van der Waals surface area contributed by atoms with E-state index in [1.165, 1.54) is 6.20 Å². The smallest absolute Gasteiger partial charge is 0.325 e. The normalized spacial score (nSPS) is 19.0. The van der Waals surface area contributed by atoms with Crippen molar-refractivity contribution in [1.29, 1.82) is 0 Å². The average molecular weight is 320 g/mol. The van der Waals surface area contributed by atoms with Crippen LogP contribution in [0.1, 0.15) is 31.1 Å². The number of aromatic nitrogens is 1. The Morgan fingerprint density at radius 1 is 1.43 bits per heavy atom. The fourth-order valence-corrected chi connectivity index (χ4v) is 2.80. The van der Waals surface area contributed by atoms with E-state index in [1.54, 1.807) is 24.1 Å². The van der Waals surface area contributed by atoms with Gasteiger partial charge in [0, 0.05) is 43.8 Å². The van der Waals surface area contributed by atoms with E-state index in [-0.39, 0.29) is 17.9 Å². The fraction of sp³-hybridized carbons (Fsp3) is 0.562. The van der Waals surface area contributed by atoms with Crippen molar-refractivity contribution < 1.29 is 14.3 Å². The second-order valence-corrected chi connectivity index (χ2v) is 5.81. The van der Waals surface area contributed by atoms with Crippen molar-refractivity contribution in [3.63, 3.8) is 0 Å². The van der Waals surface area contributed by atoms with Crippen molar-refractivity contribution in [2.45, 2.75) is 32.9 Å². The monoisotopic (exact) mass is 320 g/mol. The van der Waals surface area contributed by atoms with E-state index in [1.807, 2.05) is 13.8 Å². The number of anilines is 1. The molecule has 126 valence electrons. The molecule has 0 bridgehead atoms. The van der Waals surface area contributed by atoms with Gasteiger partial charge in [-0.15, -0.1) is 0 Å². The van der Waals surface area contributed by atoms with E-state index in [0.717, 1.165) is 0 Å². The van der Waals surface area contributed by atoms with Crippen LogP contribution in [0, 0.1) is 0 Å². The number of esters is 1. The predicted octanol–water partition coefficient (Wildman–Crippen LogP) is 0.762. The van der Waals surface area contributed by atoms with Gasteiger partial charge in [-0.25, -0.2) is 0 Å². The molecule has 1 atom stereocenters. The molecule has 0 aromatic carbocycles. The van der Waals surface area contributed by atoms with Crippen molar-refractivity contribution in [3.8, 4) is 0 Å². The topological polar surface area (TPSA) is 88.8 Å². The second-order valence-electron chi connectivity index (χ2n) is 5.81. The molecule has 0 aliphatic carbocycles. The molecule has 23 heavy (non-hydrogen) atoms. The largest absolute Gasteiger partial charge is 0.465 e. The first-order valence-corrected chi connectivity index (χ1v) is 7.86. The number of hydrogen-bond donors (Lipinski definition) is 1. The van der Waals surface area contributed by atoms with Crippen LogP contribution < -0.4 is 5.73 Å². The molecule has 2 heterocycles. The minimum Gasteiger partial charge on any atom is -0.465 e. The van der Waals surface area contributed by atoms with Crippen molar-refractivity contribution in [3.05, 3.63) is 24.0 Å². The van der Waals surface area contributed by atoms with Crippen LogP contribution in [0.5, 0.6) is 0 Å². The number of hydrogen-bond acceptors (Lipinski definition) is 6. The molecule has 1 unspecified atom stereocenters. The first-order valence-electron chi connectivity index (χ1n) is 7.86. The van der Waals surface area contributed by atoms with Crippen LogP contribution in [0.15, 0.2) is 18.5 Å². The van der Waals surface area contributed by atoms with E-state index in [2.05, 4.69) is 9.88 Å². The summed E-state index contributed by atoms with van der Waals surface area (Å²) < 4.78 is 5.16. The van der Waals surface area contributed by atoms with Gasteiger partial charge in [-0.1, -0.05) is 0 Å². The predicted molar refractivity (Wildman–Crippen MR) is 86.8 cm³/mol. The SMILES string of the molecule is CCOC(=O)C1CN(C(=O)c2cnccc2N)CCN1C(C)C.